The maximum Gasteiger partial charge on any atom is 0.254 e. The van der Waals surface area contributed by atoms with Gasteiger partial charge in [0.2, 0.25) is 0 Å². The van der Waals surface area contributed by atoms with E-state index < -0.39 is 0 Å². The zero-order valence-corrected chi connectivity index (χ0v) is 20.6. The summed E-state index contributed by atoms with van der Waals surface area (Å²) in [6.45, 7) is 4.91. The number of hydrogen-bond donors (Lipinski definition) is 0. The minimum absolute atomic E-state index is 0.0413. The highest BCUT2D eigenvalue weighted by atomic mass is 79.9. The van der Waals surface area contributed by atoms with Crippen LogP contribution >= 0.6 is 27.5 Å². The number of hydrogen-bond acceptors (Lipinski definition) is 3. The van der Waals surface area contributed by atoms with Gasteiger partial charge in [-0.25, -0.2) is 4.98 Å². The van der Waals surface area contributed by atoms with Gasteiger partial charge in [-0.3, -0.25) is 4.79 Å². The number of carbonyl (C=O) groups excluding carboxylic acids is 1. The summed E-state index contributed by atoms with van der Waals surface area (Å²) in [6, 6.07) is 24.0. The fourth-order valence-corrected chi connectivity index (χ4v) is 4.80. The van der Waals surface area contributed by atoms with Crippen LogP contribution in [0.5, 0.6) is 0 Å². The number of nitrogens with zero attached hydrogens (tertiary/aromatic N) is 3. The average Bonchev–Trinajstić information content (AvgIpc) is 2.83. The van der Waals surface area contributed by atoms with E-state index in [1.54, 1.807) is 0 Å². The molecular weight excluding hydrogens is 498 g/mol. The monoisotopic (exact) mass is 519 g/mol. The SMILES string of the molecule is Cc1ccc(-c2cc(C(=O)N3CCN(c4cccc(Cl)c4)CC3)c3cc(Br)ccc3n2)cc1. The van der Waals surface area contributed by atoms with E-state index in [1.807, 2.05) is 47.4 Å². The van der Waals surface area contributed by atoms with Gasteiger partial charge >= 0.3 is 0 Å². The van der Waals surface area contributed by atoms with Gasteiger partial charge in [0.1, 0.15) is 0 Å². The average molecular weight is 521 g/mol. The molecule has 1 aromatic heterocycles. The van der Waals surface area contributed by atoms with E-state index >= 15 is 0 Å². The Morgan fingerprint density at radius 2 is 1.70 bits per heavy atom. The number of carbonyl (C=O) groups is 1. The van der Waals surface area contributed by atoms with Gasteiger partial charge in [0, 0.05) is 52.3 Å². The Morgan fingerprint density at radius 3 is 2.42 bits per heavy atom. The normalized spacial score (nSPS) is 14.0. The van der Waals surface area contributed by atoms with Crippen LogP contribution in [0.2, 0.25) is 5.02 Å². The number of rotatable bonds is 3. The van der Waals surface area contributed by atoms with Gasteiger partial charge in [-0.1, -0.05) is 63.4 Å². The Bertz CT molecular complexity index is 1330. The number of amides is 1. The van der Waals surface area contributed by atoms with Crippen molar-refractivity contribution in [1.29, 1.82) is 0 Å². The van der Waals surface area contributed by atoms with Gasteiger partial charge in [0.25, 0.3) is 5.91 Å². The van der Waals surface area contributed by atoms with Crippen LogP contribution in [0.1, 0.15) is 15.9 Å². The van der Waals surface area contributed by atoms with Crippen LogP contribution in [0.25, 0.3) is 22.2 Å². The molecule has 3 aromatic carbocycles. The Balaban J connectivity index is 1.46. The molecule has 33 heavy (non-hydrogen) atoms. The predicted octanol–water partition coefficient (Wildman–Crippen LogP) is 6.59. The van der Waals surface area contributed by atoms with E-state index in [9.17, 15) is 4.79 Å². The lowest BCUT2D eigenvalue weighted by molar-refractivity contribution is 0.0748. The lowest BCUT2D eigenvalue weighted by Crippen LogP contribution is -2.48. The van der Waals surface area contributed by atoms with Crippen LogP contribution in [-0.4, -0.2) is 42.0 Å². The van der Waals surface area contributed by atoms with Crippen molar-refractivity contribution in [1.82, 2.24) is 9.88 Å². The second-order valence-corrected chi connectivity index (χ2v) is 9.69. The van der Waals surface area contributed by atoms with Crippen LogP contribution in [0.15, 0.2) is 77.3 Å². The fourth-order valence-electron chi connectivity index (χ4n) is 4.26. The van der Waals surface area contributed by atoms with Crippen molar-refractivity contribution in [3.05, 3.63) is 93.4 Å². The van der Waals surface area contributed by atoms with E-state index in [-0.39, 0.29) is 5.91 Å². The van der Waals surface area contributed by atoms with Crippen LogP contribution < -0.4 is 4.90 Å². The molecule has 0 saturated carbocycles. The summed E-state index contributed by atoms with van der Waals surface area (Å²) in [6.07, 6.45) is 0. The van der Waals surface area contributed by atoms with Crippen molar-refractivity contribution < 1.29 is 4.79 Å². The maximum atomic E-state index is 13.7. The molecule has 1 saturated heterocycles. The number of halogens is 2. The second-order valence-electron chi connectivity index (χ2n) is 8.34. The van der Waals surface area contributed by atoms with E-state index in [1.165, 1.54) is 5.56 Å². The van der Waals surface area contributed by atoms with Crippen LogP contribution in [0.3, 0.4) is 0 Å². The first-order valence-electron chi connectivity index (χ1n) is 10.9. The maximum absolute atomic E-state index is 13.7. The molecule has 4 nitrogen and oxygen atoms in total. The van der Waals surface area contributed by atoms with Crippen molar-refractivity contribution in [3.63, 3.8) is 0 Å². The van der Waals surface area contributed by atoms with Crippen molar-refractivity contribution >= 4 is 50.0 Å². The smallest absolute Gasteiger partial charge is 0.254 e. The molecule has 0 radical (unpaired) electrons. The van der Waals surface area contributed by atoms with Gasteiger partial charge < -0.3 is 9.80 Å². The summed E-state index contributed by atoms with van der Waals surface area (Å²) in [7, 11) is 0. The zero-order chi connectivity index (χ0) is 22.9. The molecule has 166 valence electrons. The quantitative estimate of drug-likeness (QED) is 0.306. The Hall–Kier alpha value is -2.89. The Kier molecular flexibility index (Phi) is 6.09. The highest BCUT2D eigenvalue weighted by molar-refractivity contribution is 9.10. The number of anilines is 1. The molecule has 0 atom stereocenters. The molecule has 0 bridgehead atoms. The van der Waals surface area contributed by atoms with Gasteiger partial charge in [0.05, 0.1) is 16.8 Å². The third-order valence-electron chi connectivity index (χ3n) is 6.09. The predicted molar refractivity (Wildman–Crippen MR) is 139 cm³/mol. The summed E-state index contributed by atoms with van der Waals surface area (Å²) in [5, 5.41) is 1.59. The number of benzene rings is 3. The van der Waals surface area contributed by atoms with Crippen LogP contribution in [0, 0.1) is 6.92 Å². The number of fused-ring (bicyclic) bond motifs is 1. The van der Waals surface area contributed by atoms with Gasteiger partial charge in [-0.05, 0) is 49.4 Å². The topological polar surface area (TPSA) is 36.4 Å². The van der Waals surface area contributed by atoms with Crippen LogP contribution in [0.4, 0.5) is 5.69 Å². The number of piperazine rings is 1. The molecule has 1 amide bonds. The highest BCUT2D eigenvalue weighted by Crippen LogP contribution is 2.29. The number of aromatic nitrogens is 1. The first-order chi connectivity index (χ1) is 16.0. The summed E-state index contributed by atoms with van der Waals surface area (Å²) in [5.41, 5.74) is 5.60. The molecule has 6 heteroatoms. The molecule has 1 fully saturated rings. The lowest BCUT2D eigenvalue weighted by Gasteiger charge is -2.36. The van der Waals surface area contributed by atoms with Gasteiger partial charge in [-0.2, -0.15) is 0 Å². The van der Waals surface area contributed by atoms with Crippen molar-refractivity contribution in [3.8, 4) is 11.3 Å². The molecule has 4 aromatic rings. The zero-order valence-electron chi connectivity index (χ0n) is 18.3. The minimum Gasteiger partial charge on any atom is -0.368 e. The molecule has 2 heterocycles. The molecule has 1 aliphatic rings. The van der Waals surface area contributed by atoms with Crippen molar-refractivity contribution in [2.45, 2.75) is 6.92 Å². The van der Waals surface area contributed by atoms with Crippen LogP contribution in [-0.2, 0) is 0 Å². The third kappa shape index (κ3) is 4.61. The summed E-state index contributed by atoms with van der Waals surface area (Å²) < 4.78 is 0.930. The van der Waals surface area contributed by atoms with Crippen molar-refractivity contribution in [2.75, 3.05) is 31.1 Å². The lowest BCUT2D eigenvalue weighted by atomic mass is 10.0. The number of aryl methyl sites for hydroxylation is 1. The van der Waals surface area contributed by atoms with E-state index in [0.717, 1.165) is 50.4 Å². The van der Waals surface area contributed by atoms with E-state index in [4.69, 9.17) is 16.6 Å². The van der Waals surface area contributed by atoms with E-state index in [0.29, 0.717) is 18.7 Å². The molecule has 5 rings (SSSR count). The standard InChI is InChI=1S/C27H23BrClN3O/c1-18-5-7-19(8-6-18)26-17-24(23-15-20(28)9-10-25(23)30-26)27(33)32-13-11-31(12-14-32)22-4-2-3-21(29)16-22/h2-10,15-17H,11-14H2,1H3. The first-order valence-corrected chi connectivity index (χ1v) is 12.1. The fraction of sp³-hybridized carbons (Fsp3) is 0.185. The summed E-state index contributed by atoms with van der Waals surface area (Å²) in [4.78, 5) is 22.8. The molecule has 0 spiro atoms. The Morgan fingerprint density at radius 1 is 0.939 bits per heavy atom. The minimum atomic E-state index is 0.0413. The van der Waals surface area contributed by atoms with E-state index in [2.05, 4.69) is 58.1 Å². The molecule has 0 aliphatic carbocycles. The number of pyridine rings is 1. The highest BCUT2D eigenvalue weighted by Gasteiger charge is 2.25. The molecule has 1 aliphatic heterocycles. The first kappa shape index (κ1) is 21.9. The second kappa shape index (κ2) is 9.16. The van der Waals surface area contributed by atoms with Gasteiger partial charge in [-0.15, -0.1) is 0 Å². The largest absolute Gasteiger partial charge is 0.368 e. The molecule has 0 N–H and O–H groups in total. The third-order valence-corrected chi connectivity index (χ3v) is 6.82. The summed E-state index contributed by atoms with van der Waals surface area (Å²) >= 11 is 9.72. The molecule has 0 unspecified atom stereocenters. The van der Waals surface area contributed by atoms with Gasteiger partial charge in [0.15, 0.2) is 0 Å². The Labute approximate surface area is 206 Å². The van der Waals surface area contributed by atoms with Crippen molar-refractivity contribution in [2.24, 2.45) is 0 Å². The molecular formula is C27H23BrClN3O. The summed E-state index contributed by atoms with van der Waals surface area (Å²) in [5.74, 6) is 0.0413.